The zero-order chi connectivity index (χ0) is 15.1. The molecule has 6 heteroatoms. The molecular formula is C15H16BFO4. The maximum atomic E-state index is 13.1. The van der Waals surface area contributed by atoms with Crippen molar-refractivity contribution < 1.29 is 23.9 Å². The van der Waals surface area contributed by atoms with Crippen LogP contribution in [0.25, 0.3) is 0 Å². The first kappa shape index (κ1) is 15.3. The van der Waals surface area contributed by atoms with E-state index in [4.69, 9.17) is 9.47 Å². The van der Waals surface area contributed by atoms with Crippen molar-refractivity contribution in [1.29, 1.82) is 0 Å². The predicted octanol–water partition coefficient (Wildman–Crippen LogP) is 1.35. The Morgan fingerprint density at radius 1 is 0.952 bits per heavy atom. The average Bonchev–Trinajstić information content (AvgIpc) is 2.48. The monoisotopic (exact) mass is 290 g/mol. The summed E-state index contributed by atoms with van der Waals surface area (Å²) in [5, 5.41) is 18.4. The van der Waals surface area contributed by atoms with Crippen molar-refractivity contribution >= 4 is 12.6 Å². The van der Waals surface area contributed by atoms with Crippen molar-refractivity contribution in [2.24, 2.45) is 0 Å². The average molecular weight is 290 g/mol. The SMILES string of the molecule is OB(O)c1ccc(F)cc1OCCCOc1ccccc1. The highest BCUT2D eigenvalue weighted by molar-refractivity contribution is 6.59. The zero-order valence-electron chi connectivity index (χ0n) is 11.4. The topological polar surface area (TPSA) is 58.9 Å². The van der Waals surface area contributed by atoms with Crippen LogP contribution < -0.4 is 14.9 Å². The minimum Gasteiger partial charge on any atom is -0.494 e. The van der Waals surface area contributed by atoms with Gasteiger partial charge in [0.25, 0.3) is 0 Å². The molecule has 0 fully saturated rings. The predicted molar refractivity (Wildman–Crippen MR) is 78.3 cm³/mol. The van der Waals surface area contributed by atoms with Crippen molar-refractivity contribution in [1.82, 2.24) is 0 Å². The van der Waals surface area contributed by atoms with Gasteiger partial charge in [0.15, 0.2) is 0 Å². The van der Waals surface area contributed by atoms with E-state index < -0.39 is 12.9 Å². The second-order valence-electron chi connectivity index (χ2n) is 4.42. The Labute approximate surface area is 122 Å². The van der Waals surface area contributed by atoms with E-state index in [9.17, 15) is 14.4 Å². The summed E-state index contributed by atoms with van der Waals surface area (Å²) in [4.78, 5) is 0. The Hall–Kier alpha value is -2.05. The minimum absolute atomic E-state index is 0.129. The number of benzene rings is 2. The van der Waals surface area contributed by atoms with Gasteiger partial charge >= 0.3 is 7.12 Å². The lowest BCUT2D eigenvalue weighted by molar-refractivity contribution is 0.247. The van der Waals surface area contributed by atoms with Crippen molar-refractivity contribution in [3.05, 3.63) is 54.3 Å². The molecule has 0 saturated heterocycles. The number of hydrogen-bond acceptors (Lipinski definition) is 4. The molecule has 0 aromatic heterocycles. The number of hydrogen-bond donors (Lipinski definition) is 2. The largest absolute Gasteiger partial charge is 0.494 e. The summed E-state index contributed by atoms with van der Waals surface area (Å²) in [6.45, 7) is 0.742. The molecule has 2 rings (SSSR count). The van der Waals surface area contributed by atoms with E-state index >= 15 is 0 Å². The second-order valence-corrected chi connectivity index (χ2v) is 4.42. The number of para-hydroxylation sites is 1. The molecular weight excluding hydrogens is 274 g/mol. The molecule has 0 aliphatic rings. The van der Waals surface area contributed by atoms with Gasteiger partial charge < -0.3 is 19.5 Å². The Balaban J connectivity index is 1.79. The summed E-state index contributed by atoms with van der Waals surface area (Å²) in [5.74, 6) is 0.411. The molecule has 0 atom stereocenters. The first-order chi connectivity index (χ1) is 10.2. The fourth-order valence-corrected chi connectivity index (χ4v) is 1.79. The van der Waals surface area contributed by atoms with E-state index in [1.165, 1.54) is 6.07 Å². The highest BCUT2D eigenvalue weighted by atomic mass is 19.1. The van der Waals surface area contributed by atoms with Crippen LogP contribution in [0.1, 0.15) is 6.42 Å². The maximum Gasteiger partial charge on any atom is 0.492 e. The molecule has 21 heavy (non-hydrogen) atoms. The van der Waals surface area contributed by atoms with E-state index in [1.807, 2.05) is 30.3 Å². The lowest BCUT2D eigenvalue weighted by atomic mass is 9.79. The fourth-order valence-electron chi connectivity index (χ4n) is 1.79. The van der Waals surface area contributed by atoms with Crippen molar-refractivity contribution in [2.45, 2.75) is 6.42 Å². The molecule has 4 nitrogen and oxygen atoms in total. The van der Waals surface area contributed by atoms with Gasteiger partial charge in [-0.25, -0.2) is 4.39 Å². The molecule has 0 unspecified atom stereocenters. The first-order valence-corrected chi connectivity index (χ1v) is 6.63. The number of halogens is 1. The first-order valence-electron chi connectivity index (χ1n) is 6.63. The fraction of sp³-hybridized carbons (Fsp3) is 0.200. The third-order valence-electron chi connectivity index (χ3n) is 2.81. The number of ether oxygens (including phenoxy) is 2. The van der Waals surface area contributed by atoms with Gasteiger partial charge in [0, 0.05) is 17.9 Å². The summed E-state index contributed by atoms with van der Waals surface area (Å²) < 4.78 is 24.0. The molecule has 0 amide bonds. The molecule has 0 aliphatic heterocycles. The molecule has 0 radical (unpaired) electrons. The molecule has 110 valence electrons. The third-order valence-corrected chi connectivity index (χ3v) is 2.81. The quantitative estimate of drug-likeness (QED) is 0.597. The molecule has 0 aliphatic carbocycles. The van der Waals surface area contributed by atoms with Crippen LogP contribution in [-0.4, -0.2) is 30.4 Å². The lowest BCUT2D eigenvalue weighted by Gasteiger charge is -2.11. The molecule has 0 spiro atoms. The smallest absolute Gasteiger partial charge is 0.492 e. The van der Waals surface area contributed by atoms with E-state index in [0.717, 1.165) is 17.9 Å². The van der Waals surface area contributed by atoms with Gasteiger partial charge in [-0.3, -0.25) is 0 Å². The van der Waals surface area contributed by atoms with E-state index in [0.29, 0.717) is 13.0 Å². The van der Waals surface area contributed by atoms with Crippen LogP contribution in [0, 0.1) is 5.82 Å². The van der Waals surface area contributed by atoms with E-state index in [2.05, 4.69) is 0 Å². The summed E-state index contributed by atoms with van der Waals surface area (Å²) in [6, 6.07) is 13.0. The molecule has 0 heterocycles. The van der Waals surface area contributed by atoms with Crippen LogP contribution in [0.15, 0.2) is 48.5 Å². The van der Waals surface area contributed by atoms with Gasteiger partial charge in [-0.15, -0.1) is 0 Å². The van der Waals surface area contributed by atoms with Gasteiger partial charge in [0.1, 0.15) is 17.3 Å². The Kier molecular flexibility index (Phi) is 5.60. The van der Waals surface area contributed by atoms with Crippen LogP contribution >= 0.6 is 0 Å². The highest BCUT2D eigenvalue weighted by Gasteiger charge is 2.17. The summed E-state index contributed by atoms with van der Waals surface area (Å²) in [5.41, 5.74) is 0.139. The van der Waals surface area contributed by atoms with Crippen LogP contribution in [0.5, 0.6) is 11.5 Å². The molecule has 0 saturated carbocycles. The number of rotatable bonds is 7. The third kappa shape index (κ3) is 4.77. The summed E-state index contributed by atoms with van der Waals surface area (Å²) in [7, 11) is -1.69. The normalized spacial score (nSPS) is 10.2. The van der Waals surface area contributed by atoms with E-state index in [-0.39, 0.29) is 17.8 Å². The van der Waals surface area contributed by atoms with Gasteiger partial charge in [0.05, 0.1) is 13.2 Å². The molecule has 2 aromatic rings. The Bertz CT molecular complexity index is 563. The van der Waals surface area contributed by atoms with Gasteiger partial charge in [0.2, 0.25) is 0 Å². The molecule has 0 bridgehead atoms. The van der Waals surface area contributed by atoms with Crippen LogP contribution in [0.2, 0.25) is 0 Å². The maximum absolute atomic E-state index is 13.1. The Morgan fingerprint density at radius 2 is 1.67 bits per heavy atom. The van der Waals surface area contributed by atoms with Crippen LogP contribution in [0.3, 0.4) is 0 Å². The lowest BCUT2D eigenvalue weighted by Crippen LogP contribution is -2.31. The molecule has 2 N–H and O–H groups in total. The van der Waals surface area contributed by atoms with Crippen molar-refractivity contribution in [2.75, 3.05) is 13.2 Å². The minimum atomic E-state index is -1.69. The highest BCUT2D eigenvalue weighted by Crippen LogP contribution is 2.12. The van der Waals surface area contributed by atoms with Crippen LogP contribution in [-0.2, 0) is 0 Å². The summed E-state index contributed by atoms with van der Waals surface area (Å²) in [6.07, 6.45) is 0.590. The zero-order valence-corrected chi connectivity index (χ0v) is 11.4. The standard InChI is InChI=1S/C15H16BFO4/c17-12-7-8-14(16(18)19)15(11-12)21-10-4-9-20-13-5-2-1-3-6-13/h1-3,5-8,11,18-19H,4,9-10H2. The van der Waals surface area contributed by atoms with Crippen LogP contribution in [0.4, 0.5) is 4.39 Å². The summed E-state index contributed by atoms with van der Waals surface area (Å²) >= 11 is 0. The van der Waals surface area contributed by atoms with Crippen molar-refractivity contribution in [3.8, 4) is 11.5 Å². The second kappa shape index (κ2) is 7.66. The molecule has 2 aromatic carbocycles. The van der Waals surface area contributed by atoms with Gasteiger partial charge in [-0.05, 0) is 18.2 Å². The Morgan fingerprint density at radius 3 is 2.38 bits per heavy atom. The van der Waals surface area contributed by atoms with Crippen molar-refractivity contribution in [3.63, 3.8) is 0 Å². The van der Waals surface area contributed by atoms with Gasteiger partial charge in [-0.1, -0.05) is 24.3 Å². The van der Waals surface area contributed by atoms with Gasteiger partial charge in [-0.2, -0.15) is 0 Å². The van der Waals surface area contributed by atoms with E-state index in [1.54, 1.807) is 0 Å².